The molecule has 0 atom stereocenters. The molecule has 1 aromatic carbocycles. The lowest BCUT2D eigenvalue weighted by atomic mass is 9.98. The van der Waals surface area contributed by atoms with Crippen molar-refractivity contribution in [1.82, 2.24) is 0 Å². The predicted octanol–water partition coefficient (Wildman–Crippen LogP) is 2.92. The molecule has 2 heteroatoms. The van der Waals surface area contributed by atoms with Crippen LogP contribution in [0, 0.1) is 12.8 Å². The Kier molecular flexibility index (Phi) is 2.36. The average Bonchev–Trinajstić information content (AvgIpc) is 2.51. The Morgan fingerprint density at radius 1 is 1.21 bits per heavy atom. The van der Waals surface area contributed by atoms with Gasteiger partial charge >= 0.3 is 0 Å². The third-order valence-corrected chi connectivity index (χ3v) is 2.46. The summed E-state index contributed by atoms with van der Waals surface area (Å²) in [7, 11) is 0. The number of rotatable bonds is 2. The normalized spacial score (nSPS) is 13.7. The molecule has 1 heterocycles. The molecule has 14 heavy (non-hydrogen) atoms. The van der Waals surface area contributed by atoms with Crippen molar-refractivity contribution in [1.29, 1.82) is 0 Å². The van der Waals surface area contributed by atoms with Crippen LogP contribution in [0.1, 0.15) is 25.0 Å². The van der Waals surface area contributed by atoms with Crippen molar-refractivity contribution in [3.8, 4) is 11.5 Å². The molecule has 1 aromatic rings. The molecule has 0 aromatic heterocycles. The lowest BCUT2D eigenvalue weighted by Gasteiger charge is -2.09. The van der Waals surface area contributed by atoms with E-state index in [1.165, 1.54) is 11.1 Å². The fraction of sp³-hybridized carbons (Fsp3) is 0.500. The van der Waals surface area contributed by atoms with Gasteiger partial charge in [0.05, 0.1) is 0 Å². The van der Waals surface area contributed by atoms with E-state index in [2.05, 4.69) is 32.9 Å². The molecule has 2 nitrogen and oxygen atoms in total. The number of aryl methyl sites for hydroxylation is 1. The summed E-state index contributed by atoms with van der Waals surface area (Å²) >= 11 is 0. The van der Waals surface area contributed by atoms with E-state index in [1.807, 2.05) is 0 Å². The largest absolute Gasteiger partial charge is 0.454 e. The first-order valence-electron chi connectivity index (χ1n) is 5.06. The zero-order valence-electron chi connectivity index (χ0n) is 8.96. The molecule has 0 spiro atoms. The summed E-state index contributed by atoms with van der Waals surface area (Å²) in [5.41, 5.74) is 2.66. The second-order valence-electron chi connectivity index (χ2n) is 4.23. The molecule has 0 fully saturated rings. The summed E-state index contributed by atoms with van der Waals surface area (Å²) in [6.07, 6.45) is 1.10. The van der Waals surface area contributed by atoms with Crippen LogP contribution >= 0.6 is 0 Å². The highest BCUT2D eigenvalue weighted by molar-refractivity contribution is 5.48. The van der Waals surface area contributed by atoms with Gasteiger partial charge in [-0.1, -0.05) is 13.8 Å². The molecule has 0 N–H and O–H groups in total. The van der Waals surface area contributed by atoms with Gasteiger partial charge in [0.1, 0.15) is 0 Å². The van der Waals surface area contributed by atoms with Gasteiger partial charge in [0.25, 0.3) is 0 Å². The van der Waals surface area contributed by atoms with Crippen LogP contribution in [-0.4, -0.2) is 6.79 Å². The van der Waals surface area contributed by atoms with E-state index < -0.39 is 0 Å². The van der Waals surface area contributed by atoms with Crippen LogP contribution < -0.4 is 9.47 Å². The Bertz CT molecular complexity index is 342. The molecular formula is C12H16O2. The second-order valence-corrected chi connectivity index (χ2v) is 4.23. The molecule has 76 valence electrons. The van der Waals surface area contributed by atoms with Crippen LogP contribution in [0.5, 0.6) is 11.5 Å². The summed E-state index contributed by atoms with van der Waals surface area (Å²) in [5, 5.41) is 0. The van der Waals surface area contributed by atoms with Crippen LogP contribution in [-0.2, 0) is 6.42 Å². The van der Waals surface area contributed by atoms with Gasteiger partial charge in [0.15, 0.2) is 11.5 Å². The van der Waals surface area contributed by atoms with E-state index in [0.29, 0.717) is 12.7 Å². The summed E-state index contributed by atoms with van der Waals surface area (Å²) < 4.78 is 10.7. The zero-order valence-corrected chi connectivity index (χ0v) is 8.96. The van der Waals surface area contributed by atoms with Crippen molar-refractivity contribution in [2.45, 2.75) is 27.2 Å². The Labute approximate surface area is 84.8 Å². The van der Waals surface area contributed by atoms with Crippen LogP contribution in [0.15, 0.2) is 12.1 Å². The summed E-state index contributed by atoms with van der Waals surface area (Å²) in [4.78, 5) is 0. The van der Waals surface area contributed by atoms with Crippen LogP contribution in [0.4, 0.5) is 0 Å². The smallest absolute Gasteiger partial charge is 0.231 e. The molecular weight excluding hydrogens is 176 g/mol. The van der Waals surface area contributed by atoms with Crippen LogP contribution in [0.3, 0.4) is 0 Å². The van der Waals surface area contributed by atoms with Gasteiger partial charge in [0.2, 0.25) is 6.79 Å². The van der Waals surface area contributed by atoms with Gasteiger partial charge in [-0.05, 0) is 42.5 Å². The molecule has 2 rings (SSSR count). The highest BCUT2D eigenvalue weighted by Gasteiger charge is 2.15. The fourth-order valence-electron chi connectivity index (χ4n) is 1.75. The molecule has 1 aliphatic rings. The maximum atomic E-state index is 5.35. The van der Waals surface area contributed by atoms with Gasteiger partial charge in [-0.15, -0.1) is 0 Å². The van der Waals surface area contributed by atoms with E-state index in [0.717, 1.165) is 17.9 Å². The summed E-state index contributed by atoms with van der Waals surface area (Å²) in [6.45, 7) is 6.94. The van der Waals surface area contributed by atoms with E-state index >= 15 is 0 Å². The first-order valence-corrected chi connectivity index (χ1v) is 5.06. The molecule has 0 radical (unpaired) electrons. The number of hydrogen-bond donors (Lipinski definition) is 0. The SMILES string of the molecule is Cc1cc2c(cc1CC(C)C)OCO2. The Morgan fingerprint density at radius 2 is 1.86 bits per heavy atom. The van der Waals surface area contributed by atoms with E-state index in [9.17, 15) is 0 Å². The maximum absolute atomic E-state index is 5.35. The van der Waals surface area contributed by atoms with Crippen LogP contribution in [0.2, 0.25) is 0 Å². The Morgan fingerprint density at radius 3 is 2.50 bits per heavy atom. The lowest BCUT2D eigenvalue weighted by molar-refractivity contribution is 0.174. The predicted molar refractivity (Wildman–Crippen MR) is 55.8 cm³/mol. The Hall–Kier alpha value is -1.18. The Balaban J connectivity index is 2.32. The number of ether oxygens (including phenoxy) is 2. The van der Waals surface area contributed by atoms with Crippen molar-refractivity contribution in [2.24, 2.45) is 5.92 Å². The standard InChI is InChI=1S/C12H16O2/c1-8(2)4-10-6-12-11(5-9(10)3)13-7-14-12/h5-6,8H,4,7H2,1-3H3. The van der Waals surface area contributed by atoms with Crippen molar-refractivity contribution in [3.05, 3.63) is 23.3 Å². The highest BCUT2D eigenvalue weighted by Crippen LogP contribution is 2.35. The molecule has 0 aliphatic carbocycles. The number of fused-ring (bicyclic) bond motifs is 1. The van der Waals surface area contributed by atoms with Crippen molar-refractivity contribution < 1.29 is 9.47 Å². The minimum atomic E-state index is 0.361. The summed E-state index contributed by atoms with van der Waals surface area (Å²) in [5.74, 6) is 2.45. The van der Waals surface area contributed by atoms with Crippen LogP contribution in [0.25, 0.3) is 0 Å². The quantitative estimate of drug-likeness (QED) is 0.717. The van der Waals surface area contributed by atoms with E-state index in [4.69, 9.17) is 9.47 Å². The third kappa shape index (κ3) is 1.69. The average molecular weight is 192 g/mol. The van der Waals surface area contributed by atoms with Gasteiger partial charge in [-0.25, -0.2) is 0 Å². The second kappa shape index (κ2) is 3.52. The van der Waals surface area contributed by atoms with E-state index in [-0.39, 0.29) is 0 Å². The monoisotopic (exact) mass is 192 g/mol. The van der Waals surface area contributed by atoms with Crippen molar-refractivity contribution >= 4 is 0 Å². The minimum Gasteiger partial charge on any atom is -0.454 e. The van der Waals surface area contributed by atoms with Gasteiger partial charge < -0.3 is 9.47 Å². The lowest BCUT2D eigenvalue weighted by Crippen LogP contribution is -1.96. The molecule has 0 saturated carbocycles. The zero-order chi connectivity index (χ0) is 10.1. The topological polar surface area (TPSA) is 18.5 Å². The molecule has 0 amide bonds. The minimum absolute atomic E-state index is 0.361. The molecule has 0 saturated heterocycles. The first kappa shape index (κ1) is 9.38. The van der Waals surface area contributed by atoms with Gasteiger partial charge in [-0.2, -0.15) is 0 Å². The van der Waals surface area contributed by atoms with Gasteiger partial charge in [-0.3, -0.25) is 0 Å². The molecule has 0 bridgehead atoms. The maximum Gasteiger partial charge on any atom is 0.231 e. The van der Waals surface area contributed by atoms with E-state index in [1.54, 1.807) is 0 Å². The fourth-order valence-corrected chi connectivity index (χ4v) is 1.75. The third-order valence-electron chi connectivity index (χ3n) is 2.46. The molecule has 1 aliphatic heterocycles. The van der Waals surface area contributed by atoms with Crippen molar-refractivity contribution in [3.63, 3.8) is 0 Å². The number of hydrogen-bond acceptors (Lipinski definition) is 2. The van der Waals surface area contributed by atoms with Crippen molar-refractivity contribution in [2.75, 3.05) is 6.79 Å². The first-order chi connectivity index (χ1) is 6.66. The summed E-state index contributed by atoms with van der Waals surface area (Å²) in [6, 6.07) is 4.18. The highest BCUT2D eigenvalue weighted by atomic mass is 16.7. The van der Waals surface area contributed by atoms with Gasteiger partial charge in [0, 0.05) is 0 Å². The molecule has 0 unspecified atom stereocenters. The number of benzene rings is 1.